The second-order valence-electron chi connectivity index (χ2n) is 6.39. The molecule has 0 bridgehead atoms. The quantitative estimate of drug-likeness (QED) is 0.327. The molecule has 0 N–H and O–H groups in total. The number of halogens is 2. The zero-order chi connectivity index (χ0) is 21.0. The van der Waals surface area contributed by atoms with Crippen molar-refractivity contribution in [3.05, 3.63) is 79.4 Å². The van der Waals surface area contributed by atoms with Crippen molar-refractivity contribution >= 4 is 64.8 Å². The maximum atomic E-state index is 13.4. The molecule has 0 aliphatic rings. The molecule has 8 heteroatoms. The number of carbonyl (C=O) groups is 1. The van der Waals surface area contributed by atoms with Gasteiger partial charge in [-0.15, -0.1) is 11.3 Å². The first kappa shape index (κ1) is 22.2. The van der Waals surface area contributed by atoms with Crippen LogP contribution >= 0.6 is 43.2 Å². The summed E-state index contributed by atoms with van der Waals surface area (Å²) in [6.45, 7) is 2.12. The van der Waals surface area contributed by atoms with Gasteiger partial charge in [0.1, 0.15) is 0 Å². The summed E-state index contributed by atoms with van der Waals surface area (Å²) in [5.41, 5.74) is 1.43. The molecule has 0 aliphatic heterocycles. The molecule has 152 valence electrons. The van der Waals surface area contributed by atoms with E-state index in [0.717, 1.165) is 32.9 Å². The van der Waals surface area contributed by atoms with Crippen LogP contribution in [0.1, 0.15) is 35.0 Å². The lowest BCUT2D eigenvalue weighted by Gasteiger charge is -2.22. The number of hydrogen-bond donors (Lipinski definition) is 0. The van der Waals surface area contributed by atoms with Crippen molar-refractivity contribution in [3.8, 4) is 0 Å². The standard InChI is InChI=1S/C21H19Br2NO3S2/c1-2-3-7-15-10-12-16(13-11-15)24(21(25)19-14-18(22)20(23)28-19)29(26,27)17-8-5-4-6-9-17/h4-6,8-14H,2-3,7H2,1H3. The molecule has 0 saturated carbocycles. The van der Waals surface area contributed by atoms with E-state index in [4.69, 9.17) is 0 Å². The molecule has 0 atom stereocenters. The van der Waals surface area contributed by atoms with Gasteiger partial charge in [0.2, 0.25) is 0 Å². The van der Waals surface area contributed by atoms with Crippen LogP contribution in [-0.4, -0.2) is 14.3 Å². The molecule has 0 unspecified atom stereocenters. The highest BCUT2D eigenvalue weighted by Gasteiger charge is 2.33. The number of thiophene rings is 1. The van der Waals surface area contributed by atoms with E-state index >= 15 is 0 Å². The zero-order valence-corrected chi connectivity index (χ0v) is 20.4. The number of aryl methyl sites for hydroxylation is 1. The van der Waals surface area contributed by atoms with E-state index in [1.165, 1.54) is 23.5 Å². The number of nitrogens with zero attached hydrogens (tertiary/aromatic N) is 1. The van der Waals surface area contributed by atoms with Gasteiger partial charge < -0.3 is 0 Å². The summed E-state index contributed by atoms with van der Waals surface area (Å²) < 4.78 is 29.1. The Morgan fingerprint density at radius 3 is 2.24 bits per heavy atom. The normalized spacial score (nSPS) is 11.4. The van der Waals surface area contributed by atoms with Gasteiger partial charge in [0.05, 0.1) is 19.2 Å². The minimum absolute atomic E-state index is 0.0677. The molecule has 0 radical (unpaired) electrons. The van der Waals surface area contributed by atoms with Crippen LogP contribution in [0.25, 0.3) is 0 Å². The van der Waals surface area contributed by atoms with E-state index in [9.17, 15) is 13.2 Å². The topological polar surface area (TPSA) is 54.5 Å². The van der Waals surface area contributed by atoms with Gasteiger partial charge in [0.15, 0.2) is 0 Å². The maximum absolute atomic E-state index is 13.4. The van der Waals surface area contributed by atoms with Crippen molar-refractivity contribution in [1.29, 1.82) is 0 Å². The predicted octanol–water partition coefficient (Wildman–Crippen LogP) is 6.65. The Morgan fingerprint density at radius 1 is 1.03 bits per heavy atom. The third-order valence-electron chi connectivity index (χ3n) is 4.31. The van der Waals surface area contributed by atoms with Crippen molar-refractivity contribution < 1.29 is 13.2 Å². The molecule has 0 fully saturated rings. The van der Waals surface area contributed by atoms with Crippen LogP contribution in [0.3, 0.4) is 0 Å². The van der Waals surface area contributed by atoms with Gasteiger partial charge in [0, 0.05) is 4.47 Å². The van der Waals surface area contributed by atoms with E-state index in [-0.39, 0.29) is 4.90 Å². The summed E-state index contributed by atoms with van der Waals surface area (Å²) in [5, 5.41) is 0. The average Bonchev–Trinajstić information content (AvgIpc) is 3.06. The Morgan fingerprint density at radius 2 is 1.69 bits per heavy atom. The summed E-state index contributed by atoms with van der Waals surface area (Å²) in [7, 11) is -4.08. The Hall–Kier alpha value is -1.48. The Labute approximate surface area is 191 Å². The van der Waals surface area contributed by atoms with Gasteiger partial charge in [-0.3, -0.25) is 4.79 Å². The average molecular weight is 557 g/mol. The number of amides is 1. The van der Waals surface area contributed by atoms with Crippen molar-refractivity contribution in [2.45, 2.75) is 31.1 Å². The Bertz CT molecular complexity index is 1080. The van der Waals surface area contributed by atoms with E-state index in [1.807, 2.05) is 12.1 Å². The van der Waals surface area contributed by atoms with Crippen molar-refractivity contribution in [2.75, 3.05) is 4.31 Å². The van der Waals surface area contributed by atoms with Crippen LogP contribution in [-0.2, 0) is 16.4 Å². The number of sulfonamides is 1. The molecule has 1 aromatic heterocycles. The van der Waals surface area contributed by atoms with Crippen molar-refractivity contribution in [2.24, 2.45) is 0 Å². The fraction of sp³-hybridized carbons (Fsp3) is 0.190. The van der Waals surface area contributed by atoms with Crippen LogP contribution in [0.4, 0.5) is 5.69 Å². The van der Waals surface area contributed by atoms with Crippen molar-refractivity contribution in [3.63, 3.8) is 0 Å². The molecular weight excluding hydrogens is 538 g/mol. The Balaban J connectivity index is 2.07. The largest absolute Gasteiger partial charge is 0.282 e. The fourth-order valence-electron chi connectivity index (χ4n) is 2.79. The number of unbranched alkanes of at least 4 members (excludes halogenated alkanes) is 1. The number of benzene rings is 2. The van der Waals surface area contributed by atoms with Crippen LogP contribution in [0.5, 0.6) is 0 Å². The molecule has 0 spiro atoms. The smallest absolute Gasteiger partial charge is 0.267 e. The van der Waals surface area contributed by atoms with Gasteiger partial charge in [-0.05, 0) is 80.6 Å². The number of carbonyl (C=O) groups excluding carboxylic acids is 1. The maximum Gasteiger partial charge on any atom is 0.282 e. The van der Waals surface area contributed by atoms with Crippen LogP contribution in [0, 0.1) is 0 Å². The molecule has 0 saturated heterocycles. The van der Waals surface area contributed by atoms with E-state index in [0.29, 0.717) is 15.0 Å². The molecule has 4 nitrogen and oxygen atoms in total. The summed E-state index contributed by atoms with van der Waals surface area (Å²) in [5.74, 6) is -0.591. The monoisotopic (exact) mass is 555 g/mol. The second kappa shape index (κ2) is 9.55. The summed E-state index contributed by atoms with van der Waals surface area (Å²) >= 11 is 7.92. The summed E-state index contributed by atoms with van der Waals surface area (Å²) in [6, 6.07) is 16.8. The van der Waals surface area contributed by atoms with Gasteiger partial charge in [-0.2, -0.15) is 4.31 Å². The lowest BCUT2D eigenvalue weighted by molar-refractivity contribution is 0.101. The molecule has 29 heavy (non-hydrogen) atoms. The van der Waals surface area contributed by atoms with Gasteiger partial charge in [-0.25, -0.2) is 8.42 Å². The molecular formula is C21H19Br2NO3S2. The molecule has 3 aromatic rings. The first-order valence-corrected chi connectivity index (χ1v) is 12.9. The fourth-order valence-corrected chi connectivity index (χ4v) is 6.25. The van der Waals surface area contributed by atoms with E-state index in [2.05, 4.69) is 38.8 Å². The molecule has 1 amide bonds. The third kappa shape index (κ3) is 4.99. The second-order valence-corrected chi connectivity index (χ2v) is 11.4. The highest BCUT2D eigenvalue weighted by Crippen LogP contribution is 2.35. The van der Waals surface area contributed by atoms with E-state index in [1.54, 1.807) is 36.4 Å². The third-order valence-corrected chi connectivity index (χ3v) is 9.28. The first-order valence-electron chi connectivity index (χ1n) is 9.03. The summed E-state index contributed by atoms with van der Waals surface area (Å²) in [4.78, 5) is 13.7. The van der Waals surface area contributed by atoms with Crippen molar-refractivity contribution in [1.82, 2.24) is 0 Å². The van der Waals surface area contributed by atoms with Gasteiger partial charge >= 0.3 is 0 Å². The number of rotatable bonds is 7. The lowest BCUT2D eigenvalue weighted by Crippen LogP contribution is -2.36. The predicted molar refractivity (Wildman–Crippen MR) is 125 cm³/mol. The van der Waals surface area contributed by atoms with Gasteiger partial charge in [0.25, 0.3) is 15.9 Å². The van der Waals surface area contributed by atoms with Crippen LogP contribution in [0.2, 0.25) is 0 Å². The molecule has 1 heterocycles. The summed E-state index contributed by atoms with van der Waals surface area (Å²) in [6.07, 6.45) is 3.05. The van der Waals surface area contributed by atoms with Crippen LogP contribution < -0.4 is 4.31 Å². The minimum atomic E-state index is -4.08. The van der Waals surface area contributed by atoms with Gasteiger partial charge in [-0.1, -0.05) is 43.7 Å². The first-order chi connectivity index (χ1) is 13.8. The minimum Gasteiger partial charge on any atom is -0.267 e. The van der Waals surface area contributed by atoms with Crippen LogP contribution in [0.15, 0.2) is 73.8 Å². The van der Waals surface area contributed by atoms with E-state index < -0.39 is 15.9 Å². The number of hydrogen-bond acceptors (Lipinski definition) is 4. The Kier molecular flexibility index (Phi) is 7.32. The zero-order valence-electron chi connectivity index (χ0n) is 15.6. The lowest BCUT2D eigenvalue weighted by atomic mass is 10.1. The molecule has 2 aromatic carbocycles. The number of anilines is 1. The highest BCUT2D eigenvalue weighted by molar-refractivity contribution is 9.13. The molecule has 3 rings (SSSR count). The highest BCUT2D eigenvalue weighted by atomic mass is 79.9. The molecule has 0 aliphatic carbocycles. The SMILES string of the molecule is CCCCc1ccc(N(C(=O)c2cc(Br)c(Br)s2)S(=O)(=O)c2ccccc2)cc1.